The zero-order chi connectivity index (χ0) is 73.7. The molecule has 0 radical (unpaired) electrons. The van der Waals surface area contributed by atoms with Crippen molar-refractivity contribution in [1.29, 1.82) is 0 Å². The first-order valence-corrected chi connectivity index (χ1v) is 44.2. The fourth-order valence-electron chi connectivity index (χ4n) is 11.9. The van der Waals surface area contributed by atoms with Crippen LogP contribution in [0.2, 0.25) is 0 Å². The molecule has 0 rings (SSSR count). The highest BCUT2D eigenvalue weighted by molar-refractivity contribution is 7.47. The molecule has 0 saturated carbocycles. The van der Waals surface area contributed by atoms with E-state index in [1.807, 2.05) is 0 Å². The standard InChI is InChI=1S/C81H154O17P2/c1-8-10-11-12-13-14-15-16-21-25-28-33-41-48-55-62-78(83)91-68-76(97-80(85)64-57-50-43-34-29-26-23-20-18-17-19-22-24-27-32-40-47-54-61-74(7)9-2)70-95-99(87,88)93-66-75(82)67-94-100(89,90)96-71-77(69-92-79(84)63-56-49-42-37-36-39-46-53-60-73(5)6)98-81(86)65-58-51-44-35-30-31-38-45-52-59-72(3)4/h14-16,21,72-77,82H,8-13,17-20,22-71H2,1-7H3,(H,87,88)(H,89,90)/b15-14-,21-16-/t74?,75?,76-,77-/m1/s1. The lowest BCUT2D eigenvalue weighted by Crippen LogP contribution is -2.30. The molecule has 0 aliphatic heterocycles. The van der Waals surface area contributed by atoms with E-state index in [9.17, 15) is 43.2 Å². The van der Waals surface area contributed by atoms with E-state index in [4.69, 9.17) is 37.0 Å². The minimum absolute atomic E-state index is 0.101. The maximum atomic E-state index is 13.1. The van der Waals surface area contributed by atoms with Gasteiger partial charge in [-0.3, -0.25) is 37.3 Å². The lowest BCUT2D eigenvalue weighted by Gasteiger charge is -2.21. The molecule has 100 heavy (non-hydrogen) atoms. The van der Waals surface area contributed by atoms with Gasteiger partial charge in [-0.15, -0.1) is 0 Å². The molecule has 0 saturated heterocycles. The Kier molecular flexibility index (Phi) is 69.1. The Morgan fingerprint density at radius 3 is 0.890 bits per heavy atom. The number of esters is 4. The largest absolute Gasteiger partial charge is 0.472 e. The number of aliphatic hydroxyl groups is 1. The monoisotopic (exact) mass is 1460 g/mol. The normalized spacial score (nSPS) is 14.4. The van der Waals surface area contributed by atoms with Crippen molar-refractivity contribution in [2.75, 3.05) is 39.6 Å². The lowest BCUT2D eigenvalue weighted by atomic mass is 9.99. The Bertz CT molecular complexity index is 2040. The van der Waals surface area contributed by atoms with Crippen molar-refractivity contribution in [3.05, 3.63) is 24.3 Å². The van der Waals surface area contributed by atoms with E-state index in [0.29, 0.717) is 25.7 Å². The van der Waals surface area contributed by atoms with Crippen LogP contribution >= 0.6 is 15.6 Å². The van der Waals surface area contributed by atoms with Gasteiger partial charge < -0.3 is 33.8 Å². The number of hydrogen-bond donors (Lipinski definition) is 3. The van der Waals surface area contributed by atoms with Crippen LogP contribution in [0.1, 0.15) is 395 Å². The fraction of sp³-hybridized carbons (Fsp3) is 0.901. The SMILES string of the molecule is CCCCCC/C=C\C=C/CCCCCCCC(=O)OC[C@H](COP(=O)(O)OCC(O)COP(=O)(O)OC[C@@H](COC(=O)CCCCCCCCCCC(C)C)OC(=O)CCCCCCCCCCCC(C)C)OC(=O)CCCCCCCCCCCCCCCCCCCCC(C)CC. The molecule has 0 aliphatic rings. The highest BCUT2D eigenvalue weighted by Crippen LogP contribution is 2.45. The van der Waals surface area contributed by atoms with Crippen LogP contribution in [-0.2, 0) is 65.4 Å². The van der Waals surface area contributed by atoms with Gasteiger partial charge in [-0.2, -0.15) is 0 Å². The van der Waals surface area contributed by atoms with Gasteiger partial charge in [0.25, 0.3) is 0 Å². The molecule has 0 bridgehead atoms. The first-order chi connectivity index (χ1) is 48.3. The average molecular weight is 1460 g/mol. The summed E-state index contributed by atoms with van der Waals surface area (Å²) in [6, 6.07) is 0. The second-order valence-electron chi connectivity index (χ2n) is 29.7. The van der Waals surface area contributed by atoms with E-state index in [1.165, 1.54) is 186 Å². The van der Waals surface area contributed by atoms with Crippen LogP contribution in [0.5, 0.6) is 0 Å². The third-order valence-corrected chi connectivity index (χ3v) is 20.5. The van der Waals surface area contributed by atoms with Crippen molar-refractivity contribution >= 4 is 39.5 Å². The molecule has 19 heteroatoms. The smallest absolute Gasteiger partial charge is 0.462 e. The highest BCUT2D eigenvalue weighted by atomic mass is 31.2. The predicted octanol–water partition coefficient (Wildman–Crippen LogP) is 23.7. The van der Waals surface area contributed by atoms with Gasteiger partial charge in [0.2, 0.25) is 0 Å². The summed E-state index contributed by atoms with van der Waals surface area (Å²) in [4.78, 5) is 72.9. The zero-order valence-corrected chi connectivity index (χ0v) is 66.9. The number of rotatable bonds is 77. The van der Waals surface area contributed by atoms with E-state index < -0.39 is 97.5 Å². The summed E-state index contributed by atoms with van der Waals surface area (Å²) >= 11 is 0. The number of phosphoric acid groups is 2. The number of aliphatic hydroxyl groups excluding tert-OH is 1. The van der Waals surface area contributed by atoms with Crippen LogP contribution < -0.4 is 0 Å². The molecule has 6 atom stereocenters. The molecular weight excluding hydrogens is 1310 g/mol. The minimum atomic E-state index is -4.97. The van der Waals surface area contributed by atoms with E-state index in [2.05, 4.69) is 72.8 Å². The average Bonchev–Trinajstić information content (AvgIpc) is 0.921. The second kappa shape index (κ2) is 70.8. The minimum Gasteiger partial charge on any atom is -0.462 e. The van der Waals surface area contributed by atoms with Crippen LogP contribution in [0.15, 0.2) is 24.3 Å². The summed E-state index contributed by atoms with van der Waals surface area (Å²) in [5, 5.41) is 10.6. The van der Waals surface area contributed by atoms with Crippen molar-refractivity contribution in [1.82, 2.24) is 0 Å². The Labute approximate surface area is 612 Å². The molecule has 0 aliphatic carbocycles. The maximum Gasteiger partial charge on any atom is 0.472 e. The summed E-state index contributed by atoms with van der Waals surface area (Å²) in [7, 11) is -9.93. The first kappa shape index (κ1) is 97.5. The summed E-state index contributed by atoms with van der Waals surface area (Å²) < 4.78 is 68.6. The van der Waals surface area contributed by atoms with Crippen LogP contribution in [0.3, 0.4) is 0 Å². The topological polar surface area (TPSA) is 237 Å². The second-order valence-corrected chi connectivity index (χ2v) is 32.6. The van der Waals surface area contributed by atoms with Crippen LogP contribution in [0.25, 0.3) is 0 Å². The van der Waals surface area contributed by atoms with Gasteiger partial charge in [-0.1, -0.05) is 342 Å². The van der Waals surface area contributed by atoms with Gasteiger partial charge in [-0.05, 0) is 69.1 Å². The fourth-order valence-corrected chi connectivity index (χ4v) is 13.5. The Hall–Kier alpha value is -2.46. The molecule has 0 heterocycles. The molecule has 590 valence electrons. The molecular formula is C81H154O17P2. The zero-order valence-electron chi connectivity index (χ0n) is 65.2. The lowest BCUT2D eigenvalue weighted by molar-refractivity contribution is -0.161. The third kappa shape index (κ3) is 72.5. The van der Waals surface area contributed by atoms with Gasteiger partial charge in [0.05, 0.1) is 26.4 Å². The number of carbonyl (C=O) groups is 4. The summed E-state index contributed by atoms with van der Waals surface area (Å²) in [5.74, 6) is 0.185. The number of hydrogen-bond acceptors (Lipinski definition) is 15. The number of unbranched alkanes of at least 4 members (excludes halogenated alkanes) is 41. The summed E-state index contributed by atoms with van der Waals surface area (Å²) in [6.45, 7) is 11.9. The summed E-state index contributed by atoms with van der Waals surface area (Å²) in [5.41, 5.74) is 0. The van der Waals surface area contributed by atoms with Crippen molar-refractivity contribution < 1.29 is 80.2 Å². The Morgan fingerprint density at radius 1 is 0.330 bits per heavy atom. The predicted molar refractivity (Wildman–Crippen MR) is 409 cm³/mol. The molecule has 3 N–H and O–H groups in total. The van der Waals surface area contributed by atoms with Crippen LogP contribution in [-0.4, -0.2) is 96.7 Å². The quantitative estimate of drug-likeness (QED) is 0.0169. The van der Waals surface area contributed by atoms with E-state index in [0.717, 1.165) is 127 Å². The van der Waals surface area contributed by atoms with Crippen LogP contribution in [0, 0.1) is 17.8 Å². The number of phosphoric ester groups is 2. The molecule has 0 amide bonds. The van der Waals surface area contributed by atoms with Crippen molar-refractivity contribution in [3.8, 4) is 0 Å². The molecule has 0 fully saturated rings. The Morgan fingerprint density at radius 2 is 0.590 bits per heavy atom. The highest BCUT2D eigenvalue weighted by Gasteiger charge is 2.30. The van der Waals surface area contributed by atoms with Gasteiger partial charge in [0.1, 0.15) is 19.3 Å². The number of ether oxygens (including phenoxy) is 4. The van der Waals surface area contributed by atoms with E-state index in [1.54, 1.807) is 0 Å². The molecule has 17 nitrogen and oxygen atoms in total. The molecule has 0 spiro atoms. The van der Waals surface area contributed by atoms with Gasteiger partial charge >= 0.3 is 39.5 Å². The van der Waals surface area contributed by atoms with Crippen molar-refractivity contribution in [2.24, 2.45) is 17.8 Å². The molecule has 4 unspecified atom stereocenters. The van der Waals surface area contributed by atoms with Gasteiger partial charge in [0.15, 0.2) is 12.2 Å². The van der Waals surface area contributed by atoms with Gasteiger partial charge in [-0.25, -0.2) is 9.13 Å². The summed E-state index contributed by atoms with van der Waals surface area (Å²) in [6.07, 6.45) is 62.0. The van der Waals surface area contributed by atoms with Gasteiger partial charge in [0, 0.05) is 25.7 Å². The maximum absolute atomic E-state index is 13.1. The molecule has 0 aromatic carbocycles. The van der Waals surface area contributed by atoms with Crippen LogP contribution in [0.4, 0.5) is 0 Å². The third-order valence-electron chi connectivity index (χ3n) is 18.6. The van der Waals surface area contributed by atoms with Crippen molar-refractivity contribution in [3.63, 3.8) is 0 Å². The Balaban J connectivity index is 5.25. The number of carbonyl (C=O) groups excluding carboxylic acids is 4. The van der Waals surface area contributed by atoms with E-state index in [-0.39, 0.29) is 25.7 Å². The van der Waals surface area contributed by atoms with E-state index >= 15 is 0 Å². The molecule has 0 aromatic rings. The molecule has 0 aromatic heterocycles. The first-order valence-electron chi connectivity index (χ1n) is 41.2. The number of allylic oxidation sites excluding steroid dienone is 4. The van der Waals surface area contributed by atoms with Crippen molar-refractivity contribution in [2.45, 2.75) is 414 Å².